The summed E-state index contributed by atoms with van der Waals surface area (Å²) in [5, 5.41) is 16.4. The van der Waals surface area contributed by atoms with Crippen molar-refractivity contribution in [3.8, 4) is 0 Å². The Morgan fingerprint density at radius 2 is 1.90 bits per heavy atom. The van der Waals surface area contributed by atoms with E-state index in [1.54, 1.807) is 0 Å². The number of hydrogen-bond acceptors (Lipinski definition) is 5. The first-order chi connectivity index (χ1) is 14.4. The highest BCUT2D eigenvalue weighted by molar-refractivity contribution is 5.79. The molecule has 1 aliphatic heterocycles. The molecule has 0 aliphatic carbocycles. The van der Waals surface area contributed by atoms with E-state index >= 15 is 0 Å². The van der Waals surface area contributed by atoms with Gasteiger partial charge in [0.2, 0.25) is 5.89 Å². The molecule has 1 aliphatic rings. The second kappa shape index (κ2) is 12.3. The number of guanidine groups is 1. The van der Waals surface area contributed by atoms with Crippen molar-refractivity contribution in [3.63, 3.8) is 0 Å². The fourth-order valence-corrected chi connectivity index (χ4v) is 4.12. The third-order valence-corrected chi connectivity index (χ3v) is 6.76. The number of nitrogens with one attached hydrogen (secondary N) is 2. The topological polar surface area (TPSA) is 85.9 Å². The zero-order valence-corrected chi connectivity index (χ0v) is 19.8. The molecule has 1 fully saturated rings. The minimum absolute atomic E-state index is 0.0963. The Morgan fingerprint density at radius 1 is 1.20 bits per heavy atom. The summed E-state index contributed by atoms with van der Waals surface area (Å²) in [5.74, 6) is 3.31. The number of aliphatic hydroxyl groups excluding tert-OH is 1. The summed E-state index contributed by atoms with van der Waals surface area (Å²) in [6.07, 6.45) is 5.22. The van der Waals surface area contributed by atoms with Gasteiger partial charge >= 0.3 is 0 Å². The van der Waals surface area contributed by atoms with Crippen molar-refractivity contribution in [2.24, 2.45) is 16.3 Å². The third kappa shape index (κ3) is 7.27. The minimum Gasteiger partial charge on any atom is -0.444 e. The van der Waals surface area contributed by atoms with E-state index in [2.05, 4.69) is 41.3 Å². The Bertz CT molecular complexity index is 627. The van der Waals surface area contributed by atoms with Crippen LogP contribution >= 0.6 is 0 Å². The number of rotatable bonds is 11. The molecule has 1 aromatic heterocycles. The summed E-state index contributed by atoms with van der Waals surface area (Å²) in [4.78, 5) is 11.8. The van der Waals surface area contributed by atoms with Crippen LogP contribution in [0.2, 0.25) is 0 Å². The van der Waals surface area contributed by atoms with Gasteiger partial charge in [-0.2, -0.15) is 0 Å². The average Bonchev–Trinajstić information content (AvgIpc) is 3.07. The smallest absolute Gasteiger partial charge is 0.208 e. The molecule has 7 heteroatoms. The van der Waals surface area contributed by atoms with Gasteiger partial charge in [0.1, 0.15) is 5.76 Å². The van der Waals surface area contributed by atoms with E-state index in [1.807, 2.05) is 13.8 Å². The van der Waals surface area contributed by atoms with Crippen LogP contribution in [0, 0.1) is 25.2 Å². The zero-order valence-electron chi connectivity index (χ0n) is 19.8. The monoisotopic (exact) mass is 421 g/mol. The number of aliphatic imine (C=N–C) groups is 1. The van der Waals surface area contributed by atoms with Crippen LogP contribution in [0.25, 0.3) is 0 Å². The highest BCUT2D eigenvalue weighted by Gasteiger charge is 2.26. The number of nitrogens with zero attached hydrogens (tertiary/aromatic N) is 3. The molecule has 2 rings (SSSR count). The maximum Gasteiger partial charge on any atom is 0.208 e. The van der Waals surface area contributed by atoms with Gasteiger partial charge in [0.25, 0.3) is 0 Å². The van der Waals surface area contributed by atoms with Crippen LogP contribution in [-0.2, 0) is 6.54 Å². The number of aliphatic hydroxyl groups is 1. The van der Waals surface area contributed by atoms with Crippen molar-refractivity contribution < 1.29 is 9.52 Å². The molecule has 1 saturated heterocycles. The van der Waals surface area contributed by atoms with Gasteiger partial charge in [-0.05, 0) is 77.3 Å². The maximum absolute atomic E-state index is 9.44. The summed E-state index contributed by atoms with van der Waals surface area (Å²) >= 11 is 0. The molecule has 2 heterocycles. The van der Waals surface area contributed by atoms with Gasteiger partial charge in [-0.1, -0.05) is 13.8 Å². The minimum atomic E-state index is 0.0963. The van der Waals surface area contributed by atoms with Crippen LogP contribution in [0.5, 0.6) is 0 Å². The van der Waals surface area contributed by atoms with E-state index < -0.39 is 0 Å². The van der Waals surface area contributed by atoms with Crippen molar-refractivity contribution in [1.29, 1.82) is 0 Å². The lowest BCUT2D eigenvalue weighted by atomic mass is 9.79. The Kier molecular flexibility index (Phi) is 10.1. The predicted octanol–water partition coefficient (Wildman–Crippen LogP) is 3.25. The zero-order chi connectivity index (χ0) is 22.0. The van der Waals surface area contributed by atoms with Crippen molar-refractivity contribution >= 4 is 5.96 Å². The molecular weight excluding hydrogens is 378 g/mol. The standard InChI is InChI=1S/C23H43N5O2/c1-6-23(7-2,11-14-29)17-26-22(24-8-3)25-15-20-9-12-28(13-10-20)16-21-27-18(4)19(5)30-21/h20,29H,6-17H2,1-5H3,(H2,24,25,26). The van der Waals surface area contributed by atoms with Crippen molar-refractivity contribution in [1.82, 2.24) is 20.5 Å². The van der Waals surface area contributed by atoms with Crippen LogP contribution in [0.4, 0.5) is 0 Å². The molecule has 3 N–H and O–H groups in total. The molecule has 0 saturated carbocycles. The van der Waals surface area contributed by atoms with Crippen LogP contribution in [0.1, 0.15) is 70.2 Å². The highest BCUT2D eigenvalue weighted by atomic mass is 16.4. The summed E-state index contributed by atoms with van der Waals surface area (Å²) in [7, 11) is 0. The Balaban J connectivity index is 1.81. The van der Waals surface area contributed by atoms with Crippen molar-refractivity contribution in [3.05, 3.63) is 17.3 Å². The molecule has 0 unspecified atom stereocenters. The van der Waals surface area contributed by atoms with Gasteiger partial charge in [-0.15, -0.1) is 0 Å². The highest BCUT2D eigenvalue weighted by Crippen LogP contribution is 2.30. The predicted molar refractivity (Wildman–Crippen MR) is 123 cm³/mol. The third-order valence-electron chi connectivity index (χ3n) is 6.76. The molecule has 172 valence electrons. The summed E-state index contributed by atoms with van der Waals surface area (Å²) in [6, 6.07) is 0. The van der Waals surface area contributed by atoms with E-state index in [0.717, 1.165) is 81.8 Å². The van der Waals surface area contributed by atoms with Crippen LogP contribution < -0.4 is 10.6 Å². The lowest BCUT2D eigenvalue weighted by molar-refractivity contribution is 0.164. The molecular formula is C23H43N5O2. The fraction of sp³-hybridized carbons (Fsp3) is 0.826. The second-order valence-electron chi connectivity index (χ2n) is 8.73. The Hall–Kier alpha value is -1.60. The molecule has 0 radical (unpaired) electrons. The van der Waals surface area contributed by atoms with E-state index in [1.165, 1.54) is 12.8 Å². The Labute approximate surface area is 182 Å². The number of oxazole rings is 1. The van der Waals surface area contributed by atoms with Gasteiger partial charge in [0.05, 0.1) is 12.2 Å². The van der Waals surface area contributed by atoms with Crippen LogP contribution in [-0.4, -0.2) is 60.3 Å². The van der Waals surface area contributed by atoms with Gasteiger partial charge in [0.15, 0.2) is 5.96 Å². The van der Waals surface area contributed by atoms with Gasteiger partial charge in [0, 0.05) is 26.2 Å². The molecule has 7 nitrogen and oxygen atoms in total. The van der Waals surface area contributed by atoms with Crippen LogP contribution in [0.3, 0.4) is 0 Å². The Morgan fingerprint density at radius 3 is 2.43 bits per heavy atom. The van der Waals surface area contributed by atoms with Gasteiger partial charge in [-0.3, -0.25) is 9.89 Å². The van der Waals surface area contributed by atoms with E-state index in [-0.39, 0.29) is 12.0 Å². The molecule has 0 aromatic carbocycles. The van der Waals surface area contributed by atoms with Gasteiger partial charge in [-0.25, -0.2) is 4.98 Å². The number of piperidine rings is 1. The molecule has 0 amide bonds. The summed E-state index contributed by atoms with van der Waals surface area (Å²) < 4.78 is 5.74. The number of aromatic nitrogens is 1. The maximum atomic E-state index is 9.44. The van der Waals surface area contributed by atoms with E-state index in [9.17, 15) is 5.11 Å². The first-order valence-corrected chi connectivity index (χ1v) is 11.7. The number of likely N-dealkylation sites (tertiary alicyclic amines) is 1. The molecule has 0 bridgehead atoms. The number of aryl methyl sites for hydroxylation is 2. The normalized spacial score (nSPS) is 16.8. The second-order valence-corrected chi connectivity index (χ2v) is 8.73. The molecule has 30 heavy (non-hydrogen) atoms. The molecule has 0 atom stereocenters. The average molecular weight is 422 g/mol. The van der Waals surface area contributed by atoms with Crippen molar-refractivity contribution in [2.75, 3.05) is 39.3 Å². The lowest BCUT2D eigenvalue weighted by Gasteiger charge is -2.32. The fourth-order valence-electron chi connectivity index (χ4n) is 4.12. The quantitative estimate of drug-likeness (QED) is 0.376. The SMILES string of the molecule is CCNC(=NCC(CC)(CC)CCO)NCC1CCN(Cc2nc(C)c(C)o2)CC1. The largest absolute Gasteiger partial charge is 0.444 e. The van der Waals surface area contributed by atoms with E-state index in [0.29, 0.717) is 5.92 Å². The lowest BCUT2D eigenvalue weighted by Crippen LogP contribution is -2.43. The first kappa shape index (κ1) is 24.7. The van der Waals surface area contributed by atoms with Crippen LogP contribution in [0.15, 0.2) is 9.41 Å². The van der Waals surface area contributed by atoms with E-state index in [4.69, 9.17) is 9.41 Å². The first-order valence-electron chi connectivity index (χ1n) is 11.7. The molecule has 0 spiro atoms. The summed E-state index contributed by atoms with van der Waals surface area (Å²) in [6.45, 7) is 16.2. The summed E-state index contributed by atoms with van der Waals surface area (Å²) in [5.41, 5.74) is 1.09. The van der Waals surface area contributed by atoms with Gasteiger partial charge < -0.3 is 20.2 Å². The number of hydrogen-bond donors (Lipinski definition) is 3. The molecule has 1 aromatic rings. The van der Waals surface area contributed by atoms with Crippen molar-refractivity contribution in [2.45, 2.75) is 73.3 Å².